The van der Waals surface area contributed by atoms with Crippen LogP contribution in [0.25, 0.3) is 0 Å². The van der Waals surface area contributed by atoms with Gasteiger partial charge in [-0.15, -0.1) is 0 Å². The van der Waals surface area contributed by atoms with E-state index in [4.69, 9.17) is 0 Å². The number of likely N-dealkylation sites (tertiary alicyclic amines) is 1. The third kappa shape index (κ3) is 4.66. The van der Waals surface area contributed by atoms with Crippen LogP contribution in [0, 0.1) is 13.8 Å². The van der Waals surface area contributed by atoms with Gasteiger partial charge in [0.2, 0.25) is 0 Å². The molecule has 0 aliphatic carbocycles. The zero-order chi connectivity index (χ0) is 23.0. The number of H-pyrrole nitrogens is 1. The Kier molecular flexibility index (Phi) is 6.26. The molecule has 2 saturated heterocycles. The number of carbonyl (C=O) groups excluding carboxylic acids is 2. The van der Waals surface area contributed by atoms with Gasteiger partial charge in [-0.2, -0.15) is 5.10 Å². The van der Waals surface area contributed by atoms with Crippen LogP contribution in [0.15, 0.2) is 12.3 Å². The minimum Gasteiger partial charge on any atom is -0.356 e. The number of Topliss-reactive ketones (excluding diaryl/α,β-unsaturated/α-hetero) is 1. The lowest BCUT2D eigenvalue weighted by Gasteiger charge is -2.17. The van der Waals surface area contributed by atoms with Gasteiger partial charge in [-0.25, -0.2) is 8.42 Å². The van der Waals surface area contributed by atoms with Crippen molar-refractivity contribution >= 4 is 21.5 Å². The quantitative estimate of drug-likeness (QED) is 0.629. The topological polar surface area (TPSA) is 108 Å². The van der Waals surface area contributed by atoms with Crippen LogP contribution in [0.4, 0.5) is 0 Å². The third-order valence-corrected chi connectivity index (χ3v) is 8.25. The predicted molar refractivity (Wildman–Crippen MR) is 121 cm³/mol. The van der Waals surface area contributed by atoms with Crippen LogP contribution in [-0.2, 0) is 16.4 Å². The van der Waals surface area contributed by atoms with E-state index in [1.165, 1.54) is 0 Å². The van der Waals surface area contributed by atoms with Gasteiger partial charge in [0, 0.05) is 42.7 Å². The highest BCUT2D eigenvalue weighted by Gasteiger charge is 2.31. The van der Waals surface area contributed by atoms with Crippen molar-refractivity contribution < 1.29 is 18.0 Å². The van der Waals surface area contributed by atoms with Crippen LogP contribution < -0.4 is 0 Å². The SMILES string of the molecule is Cc1nn([C@H]2CCS(=O)(=O)C2)c(C)c1CN(C)CC(=O)c1c[nH]c(C(=O)N2CCCC2)c1. The van der Waals surface area contributed by atoms with Crippen molar-refractivity contribution in [1.29, 1.82) is 0 Å². The van der Waals surface area contributed by atoms with Crippen LogP contribution >= 0.6 is 0 Å². The smallest absolute Gasteiger partial charge is 0.270 e. The Morgan fingerprint density at radius 3 is 2.62 bits per heavy atom. The monoisotopic (exact) mass is 461 g/mol. The highest BCUT2D eigenvalue weighted by atomic mass is 32.2. The molecule has 32 heavy (non-hydrogen) atoms. The number of hydrogen-bond acceptors (Lipinski definition) is 6. The number of hydrogen-bond donors (Lipinski definition) is 1. The van der Waals surface area contributed by atoms with Crippen molar-refractivity contribution in [1.82, 2.24) is 24.6 Å². The fourth-order valence-corrected chi connectivity index (χ4v) is 6.37. The van der Waals surface area contributed by atoms with Crippen molar-refractivity contribution in [3.63, 3.8) is 0 Å². The molecule has 0 saturated carbocycles. The molecule has 1 atom stereocenters. The number of likely N-dealkylation sites (N-methyl/N-ethyl adjacent to an activating group) is 1. The van der Waals surface area contributed by atoms with E-state index in [-0.39, 0.29) is 35.8 Å². The van der Waals surface area contributed by atoms with Crippen LogP contribution in [0.2, 0.25) is 0 Å². The minimum atomic E-state index is -2.99. The number of ketones is 1. The summed E-state index contributed by atoms with van der Waals surface area (Å²) in [6.07, 6.45) is 4.24. The molecule has 9 nitrogen and oxygen atoms in total. The summed E-state index contributed by atoms with van der Waals surface area (Å²) in [5, 5.41) is 4.60. The van der Waals surface area contributed by atoms with Gasteiger partial charge in [0.25, 0.3) is 5.91 Å². The predicted octanol–water partition coefficient (Wildman–Crippen LogP) is 1.74. The fraction of sp³-hybridized carbons (Fsp3) is 0.591. The van der Waals surface area contributed by atoms with E-state index in [2.05, 4.69) is 10.1 Å². The number of carbonyl (C=O) groups is 2. The fourth-order valence-electron chi connectivity index (χ4n) is 4.68. The first-order valence-electron chi connectivity index (χ1n) is 11.1. The Morgan fingerprint density at radius 1 is 1.25 bits per heavy atom. The second-order valence-corrected chi connectivity index (χ2v) is 11.3. The van der Waals surface area contributed by atoms with E-state index in [1.54, 1.807) is 12.3 Å². The molecule has 0 aromatic carbocycles. The molecule has 2 aromatic rings. The molecule has 2 fully saturated rings. The number of sulfone groups is 1. The minimum absolute atomic E-state index is 0.0532. The molecule has 174 valence electrons. The normalized spacial score (nSPS) is 20.4. The molecule has 4 heterocycles. The van der Waals surface area contributed by atoms with Crippen molar-refractivity contribution in [2.75, 3.05) is 38.2 Å². The van der Waals surface area contributed by atoms with E-state index in [9.17, 15) is 18.0 Å². The van der Waals surface area contributed by atoms with E-state index >= 15 is 0 Å². The van der Waals surface area contributed by atoms with E-state index in [0.29, 0.717) is 24.2 Å². The van der Waals surface area contributed by atoms with Gasteiger partial charge in [-0.05, 0) is 46.2 Å². The Labute approximate surface area is 188 Å². The Hall–Kier alpha value is -2.46. The summed E-state index contributed by atoms with van der Waals surface area (Å²) in [5.74, 6) is 0.226. The third-order valence-electron chi connectivity index (χ3n) is 6.50. The number of aromatic amines is 1. The number of nitrogens with zero attached hydrogens (tertiary/aromatic N) is 4. The zero-order valence-corrected chi connectivity index (χ0v) is 19.7. The molecule has 10 heteroatoms. The standard InChI is InChI=1S/C22H31N5O4S/c1-15-19(16(2)27(24-15)18-6-9-32(30,31)14-18)12-25(3)13-21(28)17-10-20(23-11-17)22(29)26-7-4-5-8-26/h10-11,18,23H,4-9,12-14H2,1-3H3/t18-/m0/s1. The summed E-state index contributed by atoms with van der Waals surface area (Å²) in [7, 11) is -1.12. The van der Waals surface area contributed by atoms with Crippen LogP contribution in [0.1, 0.15) is 63.1 Å². The highest BCUT2D eigenvalue weighted by Crippen LogP contribution is 2.27. The lowest BCUT2D eigenvalue weighted by molar-refractivity contribution is 0.0787. The molecule has 4 rings (SSSR count). The number of rotatable bonds is 7. The molecule has 0 bridgehead atoms. The molecular weight excluding hydrogens is 430 g/mol. The summed E-state index contributed by atoms with van der Waals surface area (Å²) < 4.78 is 25.6. The first-order chi connectivity index (χ1) is 15.1. The van der Waals surface area contributed by atoms with Gasteiger partial charge >= 0.3 is 0 Å². The maximum Gasteiger partial charge on any atom is 0.270 e. The molecule has 2 aromatic heterocycles. The molecular formula is C22H31N5O4S. The van der Waals surface area contributed by atoms with Crippen LogP contribution in [-0.4, -0.2) is 82.9 Å². The number of nitrogens with one attached hydrogen (secondary N) is 1. The highest BCUT2D eigenvalue weighted by molar-refractivity contribution is 7.91. The van der Waals surface area contributed by atoms with Crippen LogP contribution in [0.5, 0.6) is 0 Å². The molecule has 0 spiro atoms. The lowest BCUT2D eigenvalue weighted by Crippen LogP contribution is -2.28. The molecule has 1 N–H and O–H groups in total. The number of aromatic nitrogens is 3. The maximum atomic E-state index is 12.8. The molecule has 2 aliphatic rings. The molecule has 2 aliphatic heterocycles. The average Bonchev–Trinajstić information content (AvgIpc) is 3.51. The van der Waals surface area contributed by atoms with E-state index < -0.39 is 9.84 Å². The summed E-state index contributed by atoms with van der Waals surface area (Å²) in [6, 6.07) is 1.53. The van der Waals surface area contributed by atoms with Crippen molar-refractivity contribution in [3.8, 4) is 0 Å². The summed E-state index contributed by atoms with van der Waals surface area (Å²) in [4.78, 5) is 32.0. The Bertz CT molecular complexity index is 1130. The van der Waals surface area contributed by atoms with Gasteiger partial charge in [0.1, 0.15) is 5.69 Å². The largest absolute Gasteiger partial charge is 0.356 e. The van der Waals surface area contributed by atoms with Gasteiger partial charge in [0.05, 0.1) is 29.8 Å². The van der Waals surface area contributed by atoms with Crippen molar-refractivity contribution in [2.45, 2.75) is 45.7 Å². The van der Waals surface area contributed by atoms with Crippen molar-refractivity contribution in [2.24, 2.45) is 0 Å². The van der Waals surface area contributed by atoms with Gasteiger partial charge < -0.3 is 9.88 Å². The van der Waals surface area contributed by atoms with E-state index in [0.717, 1.165) is 42.9 Å². The summed E-state index contributed by atoms with van der Waals surface area (Å²) >= 11 is 0. The number of aryl methyl sites for hydroxylation is 1. The molecule has 0 unspecified atom stereocenters. The lowest BCUT2D eigenvalue weighted by atomic mass is 10.1. The first kappa shape index (κ1) is 22.7. The van der Waals surface area contributed by atoms with E-state index in [1.807, 2.05) is 35.4 Å². The maximum absolute atomic E-state index is 12.8. The first-order valence-corrected chi connectivity index (χ1v) is 12.9. The second kappa shape index (κ2) is 8.82. The average molecular weight is 462 g/mol. The molecule has 0 radical (unpaired) electrons. The zero-order valence-electron chi connectivity index (χ0n) is 18.9. The summed E-state index contributed by atoms with van der Waals surface area (Å²) in [6.45, 7) is 6.15. The van der Waals surface area contributed by atoms with Gasteiger partial charge in [-0.1, -0.05) is 0 Å². The Morgan fingerprint density at radius 2 is 1.97 bits per heavy atom. The Balaban J connectivity index is 1.39. The van der Waals surface area contributed by atoms with Gasteiger partial charge in [0.15, 0.2) is 15.6 Å². The molecule has 1 amide bonds. The van der Waals surface area contributed by atoms with Crippen LogP contribution in [0.3, 0.4) is 0 Å². The van der Waals surface area contributed by atoms with Crippen molar-refractivity contribution in [3.05, 3.63) is 40.5 Å². The van der Waals surface area contributed by atoms with Gasteiger partial charge in [-0.3, -0.25) is 19.2 Å². The second-order valence-electron chi connectivity index (χ2n) is 9.05. The number of amides is 1. The summed E-state index contributed by atoms with van der Waals surface area (Å²) in [5.41, 5.74) is 3.77.